The van der Waals surface area contributed by atoms with Crippen LogP contribution in [0.4, 0.5) is 4.39 Å². The van der Waals surface area contributed by atoms with Crippen LogP contribution in [0.5, 0.6) is 0 Å². The third-order valence-corrected chi connectivity index (χ3v) is 4.18. The van der Waals surface area contributed by atoms with E-state index in [4.69, 9.17) is 15.8 Å². The zero-order valence-electron chi connectivity index (χ0n) is 10.4. The van der Waals surface area contributed by atoms with Crippen molar-refractivity contribution in [1.29, 1.82) is 0 Å². The average molecular weight is 315 g/mol. The highest BCUT2D eigenvalue weighted by Crippen LogP contribution is 2.21. The minimum absolute atomic E-state index is 0.0536. The molecule has 0 heterocycles. The standard InChI is InChI=1S/C14H12ClFO3S/c15-12-6-8-13(9-7-12)20(17,18)19-10-14(16)11-4-2-1-3-5-11/h1-9,14H,10H2/t14-/m0/s1. The molecule has 0 radical (unpaired) electrons. The van der Waals surface area contributed by atoms with Crippen LogP contribution in [-0.2, 0) is 14.3 Å². The summed E-state index contributed by atoms with van der Waals surface area (Å²) < 4.78 is 42.3. The second-order valence-electron chi connectivity index (χ2n) is 4.07. The SMILES string of the molecule is O=S(=O)(OC[C@H](F)c1ccccc1)c1ccc(Cl)cc1. The summed E-state index contributed by atoms with van der Waals surface area (Å²) in [5.41, 5.74) is 0.374. The Kier molecular flexibility index (Phi) is 4.75. The lowest BCUT2D eigenvalue weighted by Crippen LogP contribution is -2.11. The number of rotatable bonds is 5. The first kappa shape index (κ1) is 15.0. The van der Waals surface area contributed by atoms with E-state index in [9.17, 15) is 12.8 Å². The van der Waals surface area contributed by atoms with Gasteiger partial charge in [0.1, 0.15) is 12.8 Å². The van der Waals surface area contributed by atoms with E-state index in [0.717, 1.165) is 0 Å². The molecule has 20 heavy (non-hydrogen) atoms. The normalized spacial score (nSPS) is 13.1. The monoisotopic (exact) mass is 314 g/mol. The van der Waals surface area contributed by atoms with Crippen LogP contribution < -0.4 is 0 Å². The van der Waals surface area contributed by atoms with E-state index in [-0.39, 0.29) is 4.90 Å². The predicted molar refractivity (Wildman–Crippen MR) is 74.9 cm³/mol. The minimum Gasteiger partial charge on any atom is -0.263 e. The van der Waals surface area contributed by atoms with Gasteiger partial charge < -0.3 is 0 Å². The van der Waals surface area contributed by atoms with Crippen molar-refractivity contribution in [2.24, 2.45) is 0 Å². The number of halogens is 2. The van der Waals surface area contributed by atoms with Crippen molar-refractivity contribution in [3.8, 4) is 0 Å². The summed E-state index contributed by atoms with van der Waals surface area (Å²) in [6.45, 7) is -0.561. The summed E-state index contributed by atoms with van der Waals surface area (Å²) in [6, 6.07) is 13.7. The molecule has 0 N–H and O–H groups in total. The first-order valence-electron chi connectivity index (χ1n) is 5.83. The smallest absolute Gasteiger partial charge is 0.263 e. The van der Waals surface area contributed by atoms with Crippen molar-refractivity contribution in [3.63, 3.8) is 0 Å². The fourth-order valence-corrected chi connectivity index (χ4v) is 2.61. The summed E-state index contributed by atoms with van der Waals surface area (Å²) in [4.78, 5) is -0.0536. The molecule has 6 heteroatoms. The number of alkyl halides is 1. The Labute approximate surface area is 122 Å². The van der Waals surface area contributed by atoms with E-state index in [1.54, 1.807) is 30.3 Å². The van der Waals surface area contributed by atoms with E-state index in [2.05, 4.69) is 0 Å². The van der Waals surface area contributed by atoms with Crippen molar-refractivity contribution in [2.75, 3.05) is 6.61 Å². The Balaban J connectivity index is 2.04. The van der Waals surface area contributed by atoms with Gasteiger partial charge in [-0.3, -0.25) is 4.18 Å². The topological polar surface area (TPSA) is 43.4 Å². The van der Waals surface area contributed by atoms with Gasteiger partial charge in [0.05, 0.1) is 4.90 Å². The predicted octanol–water partition coefficient (Wildman–Crippen LogP) is 3.76. The van der Waals surface area contributed by atoms with Crippen LogP contribution in [0.3, 0.4) is 0 Å². The van der Waals surface area contributed by atoms with Gasteiger partial charge in [0.2, 0.25) is 0 Å². The van der Waals surface area contributed by atoms with Gasteiger partial charge in [-0.15, -0.1) is 0 Å². The number of hydrogen-bond acceptors (Lipinski definition) is 3. The molecule has 0 aromatic heterocycles. The summed E-state index contributed by atoms with van der Waals surface area (Å²) in [7, 11) is -3.98. The van der Waals surface area contributed by atoms with Gasteiger partial charge >= 0.3 is 0 Å². The summed E-state index contributed by atoms with van der Waals surface area (Å²) in [5, 5.41) is 0.414. The molecule has 3 nitrogen and oxygen atoms in total. The molecule has 0 saturated heterocycles. The zero-order chi connectivity index (χ0) is 14.6. The summed E-state index contributed by atoms with van der Waals surface area (Å²) in [5.74, 6) is 0. The zero-order valence-corrected chi connectivity index (χ0v) is 11.9. The molecule has 0 saturated carbocycles. The third kappa shape index (κ3) is 3.79. The number of hydrogen-bond donors (Lipinski definition) is 0. The van der Waals surface area contributed by atoms with Crippen molar-refractivity contribution in [1.82, 2.24) is 0 Å². The molecule has 1 atom stereocenters. The Bertz CT molecular complexity index is 657. The maximum Gasteiger partial charge on any atom is 0.297 e. The quantitative estimate of drug-likeness (QED) is 0.789. The van der Waals surface area contributed by atoms with E-state index >= 15 is 0 Å². The van der Waals surface area contributed by atoms with Crippen LogP contribution in [0.2, 0.25) is 5.02 Å². The lowest BCUT2D eigenvalue weighted by Gasteiger charge is -2.09. The largest absolute Gasteiger partial charge is 0.297 e. The fourth-order valence-electron chi connectivity index (χ4n) is 1.58. The van der Waals surface area contributed by atoms with Crippen molar-refractivity contribution in [2.45, 2.75) is 11.1 Å². The molecule has 0 unspecified atom stereocenters. The molecule has 0 amide bonds. The maximum absolute atomic E-state index is 13.8. The lowest BCUT2D eigenvalue weighted by atomic mass is 10.1. The minimum atomic E-state index is -3.98. The Morgan fingerprint density at radius 1 is 1.05 bits per heavy atom. The van der Waals surface area contributed by atoms with Gasteiger partial charge in [0.25, 0.3) is 10.1 Å². The summed E-state index contributed by atoms with van der Waals surface area (Å²) >= 11 is 5.67. The van der Waals surface area contributed by atoms with Gasteiger partial charge in [-0.2, -0.15) is 8.42 Å². The second-order valence-corrected chi connectivity index (χ2v) is 6.12. The van der Waals surface area contributed by atoms with Crippen LogP contribution >= 0.6 is 11.6 Å². The molecular formula is C14H12ClFO3S. The third-order valence-electron chi connectivity index (χ3n) is 2.63. The molecule has 0 aliphatic carbocycles. The average Bonchev–Trinajstić information content (AvgIpc) is 2.46. The molecule has 0 aliphatic heterocycles. The van der Waals surface area contributed by atoms with Gasteiger partial charge in [-0.25, -0.2) is 4.39 Å². The summed E-state index contributed by atoms with van der Waals surface area (Å²) in [6.07, 6.45) is -1.50. The van der Waals surface area contributed by atoms with Gasteiger partial charge in [-0.1, -0.05) is 41.9 Å². The number of benzene rings is 2. The highest BCUT2D eigenvalue weighted by molar-refractivity contribution is 7.86. The van der Waals surface area contributed by atoms with Gasteiger partial charge in [0, 0.05) is 5.02 Å². The Morgan fingerprint density at radius 2 is 1.65 bits per heavy atom. The molecule has 0 fully saturated rings. The first-order valence-corrected chi connectivity index (χ1v) is 7.62. The van der Waals surface area contributed by atoms with E-state index in [0.29, 0.717) is 10.6 Å². The van der Waals surface area contributed by atoms with Crippen molar-refractivity contribution >= 4 is 21.7 Å². The molecule has 0 spiro atoms. The fraction of sp³-hybridized carbons (Fsp3) is 0.143. The molecular weight excluding hydrogens is 303 g/mol. The van der Waals surface area contributed by atoms with Crippen LogP contribution in [0, 0.1) is 0 Å². The van der Waals surface area contributed by atoms with Crippen LogP contribution in [0.25, 0.3) is 0 Å². The Hall–Kier alpha value is -1.43. The maximum atomic E-state index is 13.8. The van der Waals surface area contributed by atoms with Crippen LogP contribution in [-0.4, -0.2) is 15.0 Å². The molecule has 2 aromatic carbocycles. The van der Waals surface area contributed by atoms with Crippen molar-refractivity contribution in [3.05, 3.63) is 65.2 Å². The molecule has 0 aliphatic rings. The van der Waals surface area contributed by atoms with E-state index < -0.39 is 22.9 Å². The van der Waals surface area contributed by atoms with Gasteiger partial charge in [0.15, 0.2) is 0 Å². The van der Waals surface area contributed by atoms with E-state index in [1.807, 2.05) is 0 Å². The molecule has 106 valence electrons. The first-order chi connectivity index (χ1) is 9.49. The Morgan fingerprint density at radius 3 is 2.25 bits per heavy atom. The van der Waals surface area contributed by atoms with Gasteiger partial charge in [-0.05, 0) is 29.8 Å². The lowest BCUT2D eigenvalue weighted by molar-refractivity contribution is 0.203. The molecule has 2 rings (SSSR count). The second kappa shape index (κ2) is 6.35. The highest BCUT2D eigenvalue weighted by atomic mass is 35.5. The van der Waals surface area contributed by atoms with E-state index in [1.165, 1.54) is 24.3 Å². The van der Waals surface area contributed by atoms with Crippen LogP contribution in [0.1, 0.15) is 11.7 Å². The van der Waals surface area contributed by atoms with Crippen LogP contribution in [0.15, 0.2) is 59.5 Å². The molecule has 2 aromatic rings. The molecule has 0 bridgehead atoms. The highest BCUT2D eigenvalue weighted by Gasteiger charge is 2.19. The van der Waals surface area contributed by atoms with Crippen molar-refractivity contribution < 1.29 is 17.0 Å².